The summed E-state index contributed by atoms with van der Waals surface area (Å²) in [6.07, 6.45) is 5.91. The largest absolute Gasteiger partial charge is 0.342 e. The van der Waals surface area contributed by atoms with Crippen LogP contribution in [0.3, 0.4) is 0 Å². The van der Waals surface area contributed by atoms with Crippen molar-refractivity contribution in [3.63, 3.8) is 0 Å². The molecule has 4 rings (SSSR count). The molecule has 2 aliphatic heterocycles. The minimum Gasteiger partial charge on any atom is -0.342 e. The van der Waals surface area contributed by atoms with Gasteiger partial charge in [0.05, 0.1) is 5.69 Å². The number of urea groups is 1. The van der Waals surface area contributed by atoms with Gasteiger partial charge in [-0.15, -0.1) is 0 Å². The van der Waals surface area contributed by atoms with Crippen LogP contribution in [0.5, 0.6) is 0 Å². The number of hydrazine groups is 1. The summed E-state index contributed by atoms with van der Waals surface area (Å²) in [5.41, 5.74) is 3.73. The van der Waals surface area contributed by atoms with Gasteiger partial charge in [-0.1, -0.05) is 31.0 Å². The molecule has 1 aromatic carbocycles. The van der Waals surface area contributed by atoms with Gasteiger partial charge in [-0.3, -0.25) is 4.79 Å². The van der Waals surface area contributed by atoms with Gasteiger partial charge < -0.3 is 10.2 Å². The minimum absolute atomic E-state index is 0.128. The summed E-state index contributed by atoms with van der Waals surface area (Å²) in [5.74, 6) is 0.539. The molecule has 1 aliphatic carbocycles. The highest BCUT2D eigenvalue weighted by molar-refractivity contribution is 5.93. The quantitative estimate of drug-likeness (QED) is 0.875. The van der Waals surface area contributed by atoms with Crippen molar-refractivity contribution in [2.75, 3.05) is 18.1 Å². The number of carbonyl (C=O) groups excluding carboxylic acids is 2. The number of nitrogens with zero attached hydrogens (tertiary/aromatic N) is 2. The third-order valence-corrected chi connectivity index (χ3v) is 5.52. The number of rotatable bonds is 2. The third-order valence-electron chi connectivity index (χ3n) is 5.52. The fourth-order valence-electron chi connectivity index (χ4n) is 4.09. The van der Waals surface area contributed by atoms with E-state index in [1.165, 1.54) is 12.8 Å². The van der Waals surface area contributed by atoms with Crippen molar-refractivity contribution in [1.82, 2.24) is 15.6 Å². The average Bonchev–Trinajstić information content (AvgIpc) is 3.25. The number of hydrogen-bond donors (Lipinski definition) is 2. The van der Waals surface area contributed by atoms with Crippen LogP contribution in [-0.4, -0.2) is 35.6 Å². The highest BCUT2D eigenvalue weighted by atomic mass is 16.2. The molecule has 0 aromatic heterocycles. The van der Waals surface area contributed by atoms with E-state index in [1.54, 1.807) is 5.01 Å². The fourth-order valence-corrected chi connectivity index (χ4v) is 4.09. The molecule has 0 radical (unpaired) electrons. The third kappa shape index (κ3) is 2.75. The second-order valence-corrected chi connectivity index (χ2v) is 7.10. The van der Waals surface area contributed by atoms with E-state index in [2.05, 4.69) is 10.7 Å². The van der Waals surface area contributed by atoms with Gasteiger partial charge in [-0.2, -0.15) is 0 Å². The Kier molecular flexibility index (Phi) is 3.92. The lowest BCUT2D eigenvalue weighted by Gasteiger charge is -2.39. The Morgan fingerprint density at radius 3 is 2.42 bits per heavy atom. The van der Waals surface area contributed by atoms with Gasteiger partial charge in [0.1, 0.15) is 5.66 Å². The number of anilines is 1. The molecule has 6 heteroatoms. The van der Waals surface area contributed by atoms with Gasteiger partial charge in [-0.05, 0) is 25.0 Å². The summed E-state index contributed by atoms with van der Waals surface area (Å²) in [5, 5.41) is 4.66. The lowest BCUT2D eigenvalue weighted by Crippen LogP contribution is -2.59. The van der Waals surface area contributed by atoms with Crippen LogP contribution in [0.1, 0.15) is 38.5 Å². The Balaban J connectivity index is 1.40. The summed E-state index contributed by atoms with van der Waals surface area (Å²) in [4.78, 5) is 26.9. The highest BCUT2D eigenvalue weighted by Crippen LogP contribution is 2.31. The van der Waals surface area contributed by atoms with Gasteiger partial charge >= 0.3 is 6.03 Å². The Hall–Kier alpha value is -2.08. The monoisotopic (exact) mass is 328 g/mol. The first-order chi connectivity index (χ1) is 11.7. The normalized spacial score (nSPS) is 23.8. The lowest BCUT2D eigenvalue weighted by molar-refractivity contribution is -0.137. The van der Waals surface area contributed by atoms with E-state index in [0.29, 0.717) is 19.0 Å². The van der Waals surface area contributed by atoms with Crippen LogP contribution in [0.4, 0.5) is 10.5 Å². The van der Waals surface area contributed by atoms with Crippen molar-refractivity contribution in [1.29, 1.82) is 0 Å². The van der Waals surface area contributed by atoms with Crippen molar-refractivity contribution < 1.29 is 9.59 Å². The highest BCUT2D eigenvalue weighted by Gasteiger charge is 2.45. The molecule has 2 saturated heterocycles. The average molecular weight is 328 g/mol. The standard InChI is InChI=1S/C18H24N4O2/c23-16(14-6-4-5-7-14)21-12-10-18(11-13-21)19-17(24)22(20-18)15-8-2-1-3-9-15/h1-3,8-9,14,20H,4-7,10-13H2,(H,19,24). The molecule has 3 amide bonds. The number of nitrogens with one attached hydrogen (secondary N) is 2. The molecular formula is C18H24N4O2. The molecule has 3 aliphatic rings. The van der Waals surface area contributed by atoms with Gasteiger partial charge in [-0.25, -0.2) is 15.2 Å². The first kappa shape index (κ1) is 15.4. The molecule has 0 unspecified atom stereocenters. The van der Waals surface area contributed by atoms with Crippen molar-refractivity contribution in [3.05, 3.63) is 30.3 Å². The van der Waals surface area contributed by atoms with Crippen molar-refractivity contribution >= 4 is 17.6 Å². The maximum Gasteiger partial charge on any atom is 0.338 e. The number of hydrogen-bond acceptors (Lipinski definition) is 3. The number of amides is 3. The Morgan fingerprint density at radius 2 is 1.75 bits per heavy atom. The molecule has 0 atom stereocenters. The molecule has 1 saturated carbocycles. The summed E-state index contributed by atoms with van der Waals surface area (Å²) >= 11 is 0. The Labute approximate surface area is 142 Å². The van der Waals surface area contributed by atoms with E-state index in [1.807, 2.05) is 35.2 Å². The molecule has 24 heavy (non-hydrogen) atoms. The van der Waals surface area contributed by atoms with Crippen LogP contribution in [0.25, 0.3) is 0 Å². The zero-order valence-corrected chi connectivity index (χ0v) is 13.8. The zero-order chi connectivity index (χ0) is 16.6. The van der Waals surface area contributed by atoms with Crippen LogP contribution in [0, 0.1) is 5.92 Å². The van der Waals surface area contributed by atoms with Gasteiger partial charge in [0.2, 0.25) is 5.91 Å². The van der Waals surface area contributed by atoms with E-state index in [0.717, 1.165) is 31.4 Å². The summed E-state index contributed by atoms with van der Waals surface area (Å²) in [6, 6.07) is 9.45. The molecule has 6 nitrogen and oxygen atoms in total. The number of piperidine rings is 1. The maximum atomic E-state index is 12.6. The van der Waals surface area contributed by atoms with E-state index < -0.39 is 5.66 Å². The second-order valence-electron chi connectivity index (χ2n) is 7.10. The van der Waals surface area contributed by atoms with Crippen LogP contribution < -0.4 is 15.8 Å². The first-order valence-electron chi connectivity index (χ1n) is 8.91. The summed E-state index contributed by atoms with van der Waals surface area (Å²) < 4.78 is 0. The van der Waals surface area contributed by atoms with Crippen molar-refractivity contribution in [2.24, 2.45) is 5.92 Å². The fraction of sp³-hybridized carbons (Fsp3) is 0.556. The topological polar surface area (TPSA) is 64.7 Å². The zero-order valence-electron chi connectivity index (χ0n) is 13.8. The maximum absolute atomic E-state index is 12.6. The van der Waals surface area contributed by atoms with E-state index in [-0.39, 0.29) is 11.9 Å². The minimum atomic E-state index is -0.431. The van der Waals surface area contributed by atoms with Crippen LogP contribution >= 0.6 is 0 Å². The molecule has 1 spiro atoms. The predicted molar refractivity (Wildman–Crippen MR) is 91.1 cm³/mol. The molecule has 0 bridgehead atoms. The second kappa shape index (κ2) is 6.09. The van der Waals surface area contributed by atoms with Gasteiger partial charge in [0.25, 0.3) is 0 Å². The Bertz CT molecular complexity index is 619. The van der Waals surface area contributed by atoms with E-state index >= 15 is 0 Å². The molecule has 128 valence electrons. The first-order valence-corrected chi connectivity index (χ1v) is 8.91. The van der Waals surface area contributed by atoms with Crippen LogP contribution in [0.15, 0.2) is 30.3 Å². The van der Waals surface area contributed by atoms with Gasteiger partial charge in [0, 0.05) is 31.8 Å². The van der Waals surface area contributed by atoms with Crippen LogP contribution in [0.2, 0.25) is 0 Å². The number of para-hydroxylation sites is 1. The molecular weight excluding hydrogens is 304 g/mol. The van der Waals surface area contributed by atoms with Crippen molar-refractivity contribution in [3.8, 4) is 0 Å². The lowest BCUT2D eigenvalue weighted by atomic mass is 9.96. The predicted octanol–water partition coefficient (Wildman–Crippen LogP) is 2.23. The Morgan fingerprint density at radius 1 is 1.08 bits per heavy atom. The van der Waals surface area contributed by atoms with Crippen molar-refractivity contribution in [2.45, 2.75) is 44.2 Å². The molecule has 2 N–H and O–H groups in total. The van der Waals surface area contributed by atoms with E-state index in [9.17, 15) is 9.59 Å². The summed E-state index contributed by atoms with van der Waals surface area (Å²) in [6.45, 7) is 1.40. The number of benzene rings is 1. The summed E-state index contributed by atoms with van der Waals surface area (Å²) in [7, 11) is 0. The SMILES string of the molecule is O=C(C1CCCC1)N1CCC2(CC1)NC(=O)N(c1ccccc1)N2. The molecule has 2 heterocycles. The van der Waals surface area contributed by atoms with E-state index in [4.69, 9.17) is 0 Å². The molecule has 1 aromatic rings. The van der Waals surface area contributed by atoms with Gasteiger partial charge in [0.15, 0.2) is 0 Å². The van der Waals surface area contributed by atoms with Crippen LogP contribution in [-0.2, 0) is 4.79 Å². The number of carbonyl (C=O) groups is 2. The molecule has 3 fully saturated rings. The smallest absolute Gasteiger partial charge is 0.338 e. The number of likely N-dealkylation sites (tertiary alicyclic amines) is 1.